The van der Waals surface area contributed by atoms with E-state index in [9.17, 15) is 28.6 Å². The van der Waals surface area contributed by atoms with Crippen molar-refractivity contribution < 1.29 is 27.8 Å². The van der Waals surface area contributed by atoms with Gasteiger partial charge in [0.15, 0.2) is 0 Å². The number of nitrogens with one attached hydrogen (secondary N) is 1. The van der Waals surface area contributed by atoms with Gasteiger partial charge in [-0.15, -0.1) is 0 Å². The standard InChI is InChI=1S/C16H15BN2O7S/c20-17(21)16(8-11-10-26-15-7-2-1-6-14(11)15)18-27(24,25)13-5-3-4-12(9-13)19(22)23/h1-7,9-10,16,18,20-21H,8H2. The van der Waals surface area contributed by atoms with Crippen molar-refractivity contribution in [1.29, 1.82) is 0 Å². The summed E-state index contributed by atoms with van der Waals surface area (Å²) in [5.74, 6) is -1.28. The number of nitro groups is 1. The average molecular weight is 390 g/mol. The highest BCUT2D eigenvalue weighted by Gasteiger charge is 2.31. The van der Waals surface area contributed by atoms with Crippen LogP contribution in [0, 0.1) is 10.1 Å². The molecule has 0 saturated heterocycles. The fourth-order valence-corrected chi connectivity index (χ4v) is 3.94. The Labute approximate surface area is 154 Å². The van der Waals surface area contributed by atoms with Gasteiger partial charge in [0.05, 0.1) is 22.0 Å². The predicted octanol–water partition coefficient (Wildman–Crippen LogP) is 1.24. The molecular weight excluding hydrogens is 375 g/mol. The average Bonchev–Trinajstić information content (AvgIpc) is 3.04. The number of nitrogens with zero attached hydrogens (tertiary/aromatic N) is 1. The van der Waals surface area contributed by atoms with E-state index >= 15 is 0 Å². The third-order valence-electron chi connectivity index (χ3n) is 4.01. The second-order valence-corrected chi connectivity index (χ2v) is 7.57. The van der Waals surface area contributed by atoms with Gasteiger partial charge in [-0.1, -0.05) is 24.3 Å². The maximum atomic E-state index is 12.5. The highest BCUT2D eigenvalue weighted by molar-refractivity contribution is 7.89. The quantitative estimate of drug-likeness (QED) is 0.313. The Morgan fingerprint density at radius 3 is 2.63 bits per heavy atom. The molecule has 1 atom stereocenters. The van der Waals surface area contributed by atoms with Crippen LogP contribution in [-0.4, -0.2) is 36.4 Å². The zero-order chi connectivity index (χ0) is 19.6. The van der Waals surface area contributed by atoms with Crippen molar-refractivity contribution in [2.24, 2.45) is 0 Å². The number of furan rings is 1. The topological polar surface area (TPSA) is 143 Å². The molecule has 0 saturated carbocycles. The molecule has 3 N–H and O–H groups in total. The van der Waals surface area contributed by atoms with Crippen LogP contribution in [0.2, 0.25) is 0 Å². The zero-order valence-corrected chi connectivity index (χ0v) is 14.7. The molecule has 0 amide bonds. The van der Waals surface area contributed by atoms with Crippen molar-refractivity contribution in [1.82, 2.24) is 4.72 Å². The number of nitro benzene ring substituents is 1. The Bertz CT molecular complexity index is 1080. The fraction of sp³-hybridized carbons (Fsp3) is 0.125. The first-order valence-electron chi connectivity index (χ1n) is 7.86. The van der Waals surface area contributed by atoms with Crippen LogP contribution in [0.5, 0.6) is 0 Å². The van der Waals surface area contributed by atoms with Gasteiger partial charge < -0.3 is 14.5 Å². The molecule has 2 aromatic carbocycles. The lowest BCUT2D eigenvalue weighted by Gasteiger charge is -2.17. The van der Waals surface area contributed by atoms with Gasteiger partial charge >= 0.3 is 7.12 Å². The van der Waals surface area contributed by atoms with E-state index in [1.54, 1.807) is 24.3 Å². The van der Waals surface area contributed by atoms with Crippen LogP contribution in [0.1, 0.15) is 5.56 Å². The Kier molecular flexibility index (Phi) is 5.28. The molecule has 0 radical (unpaired) electrons. The van der Waals surface area contributed by atoms with Gasteiger partial charge in [0.2, 0.25) is 10.0 Å². The van der Waals surface area contributed by atoms with Crippen molar-refractivity contribution in [3.8, 4) is 0 Å². The van der Waals surface area contributed by atoms with Crippen LogP contribution in [0.15, 0.2) is 64.1 Å². The number of non-ortho nitro benzene ring substituents is 1. The zero-order valence-electron chi connectivity index (χ0n) is 13.8. The summed E-state index contributed by atoms with van der Waals surface area (Å²) in [6.45, 7) is 0. The number of sulfonamides is 1. The molecule has 140 valence electrons. The predicted molar refractivity (Wildman–Crippen MR) is 97.3 cm³/mol. The third kappa shape index (κ3) is 4.17. The molecular formula is C16H15BN2O7S. The Hall–Kier alpha value is -2.73. The third-order valence-corrected chi connectivity index (χ3v) is 5.49. The molecule has 0 aliphatic rings. The highest BCUT2D eigenvalue weighted by atomic mass is 32.2. The largest absolute Gasteiger partial charge is 0.471 e. The second kappa shape index (κ2) is 7.49. The van der Waals surface area contributed by atoms with E-state index in [0.717, 1.165) is 17.5 Å². The summed E-state index contributed by atoms with van der Waals surface area (Å²) in [5.41, 5.74) is 0.783. The van der Waals surface area contributed by atoms with Crippen LogP contribution in [0.4, 0.5) is 5.69 Å². The summed E-state index contributed by atoms with van der Waals surface area (Å²) in [4.78, 5) is 9.79. The molecule has 0 fully saturated rings. The van der Waals surface area contributed by atoms with E-state index in [1.807, 2.05) is 0 Å². The number of rotatable bonds is 7. The molecule has 0 bridgehead atoms. The molecule has 0 aliphatic heterocycles. The van der Waals surface area contributed by atoms with Gasteiger partial charge in [0.1, 0.15) is 5.58 Å². The molecule has 9 nitrogen and oxygen atoms in total. The number of hydrogen-bond acceptors (Lipinski definition) is 7. The number of hydrogen-bond donors (Lipinski definition) is 3. The van der Waals surface area contributed by atoms with Crippen molar-refractivity contribution in [2.45, 2.75) is 17.3 Å². The van der Waals surface area contributed by atoms with Crippen molar-refractivity contribution in [3.63, 3.8) is 0 Å². The van der Waals surface area contributed by atoms with Crippen LogP contribution < -0.4 is 4.72 Å². The molecule has 11 heteroatoms. The normalized spacial score (nSPS) is 12.8. The van der Waals surface area contributed by atoms with Crippen LogP contribution in [0.25, 0.3) is 11.0 Å². The first kappa shape index (κ1) is 19.0. The van der Waals surface area contributed by atoms with E-state index in [1.165, 1.54) is 18.4 Å². The molecule has 1 heterocycles. The van der Waals surface area contributed by atoms with Crippen LogP contribution in [-0.2, 0) is 16.4 Å². The summed E-state index contributed by atoms with van der Waals surface area (Å²) < 4.78 is 32.6. The van der Waals surface area contributed by atoms with Gasteiger partial charge in [-0.3, -0.25) is 10.1 Å². The minimum Gasteiger partial charge on any atom is -0.464 e. The van der Waals surface area contributed by atoms with Crippen LogP contribution in [0.3, 0.4) is 0 Å². The highest BCUT2D eigenvalue weighted by Crippen LogP contribution is 2.23. The van der Waals surface area contributed by atoms with Crippen molar-refractivity contribution >= 4 is 33.8 Å². The molecule has 0 spiro atoms. The van der Waals surface area contributed by atoms with Gasteiger partial charge in [0.25, 0.3) is 5.69 Å². The smallest absolute Gasteiger partial charge is 0.464 e. The van der Waals surface area contributed by atoms with E-state index in [-0.39, 0.29) is 17.0 Å². The fourth-order valence-electron chi connectivity index (χ4n) is 2.67. The van der Waals surface area contributed by atoms with Crippen LogP contribution >= 0.6 is 0 Å². The maximum Gasteiger partial charge on any atom is 0.471 e. The minimum absolute atomic E-state index is 0.0527. The molecule has 1 unspecified atom stereocenters. The summed E-state index contributed by atoms with van der Waals surface area (Å²) >= 11 is 0. The molecule has 3 aromatic rings. The van der Waals surface area contributed by atoms with E-state index in [0.29, 0.717) is 11.1 Å². The first-order chi connectivity index (χ1) is 12.8. The lowest BCUT2D eigenvalue weighted by atomic mass is 9.77. The Morgan fingerprint density at radius 2 is 1.93 bits per heavy atom. The summed E-state index contributed by atoms with van der Waals surface area (Å²) in [6.07, 6.45) is 1.37. The second-order valence-electron chi connectivity index (χ2n) is 5.86. The summed E-state index contributed by atoms with van der Waals surface area (Å²) in [7, 11) is -6.22. The number of para-hydroxylation sites is 1. The Morgan fingerprint density at radius 1 is 1.19 bits per heavy atom. The van der Waals surface area contributed by atoms with E-state index in [2.05, 4.69) is 4.72 Å². The lowest BCUT2D eigenvalue weighted by molar-refractivity contribution is -0.385. The van der Waals surface area contributed by atoms with Crippen molar-refractivity contribution in [2.75, 3.05) is 0 Å². The van der Waals surface area contributed by atoms with Gasteiger partial charge in [-0.05, 0) is 24.1 Å². The summed E-state index contributed by atoms with van der Waals surface area (Å²) in [6, 6.07) is 11.5. The Balaban J connectivity index is 1.87. The van der Waals surface area contributed by atoms with E-state index < -0.39 is 28.0 Å². The molecule has 3 rings (SSSR count). The van der Waals surface area contributed by atoms with Gasteiger partial charge in [-0.25, -0.2) is 13.1 Å². The maximum absolute atomic E-state index is 12.5. The molecule has 0 aliphatic carbocycles. The first-order valence-corrected chi connectivity index (χ1v) is 9.34. The SMILES string of the molecule is O=[N+]([O-])c1cccc(S(=O)(=O)NC(Cc2coc3ccccc23)B(O)O)c1. The number of benzene rings is 2. The van der Waals surface area contributed by atoms with Gasteiger partial charge in [0, 0.05) is 17.5 Å². The van der Waals surface area contributed by atoms with Gasteiger partial charge in [-0.2, -0.15) is 0 Å². The number of fused-ring (bicyclic) bond motifs is 1. The monoisotopic (exact) mass is 390 g/mol. The van der Waals surface area contributed by atoms with Crippen molar-refractivity contribution in [3.05, 3.63) is 70.5 Å². The minimum atomic E-state index is -4.22. The van der Waals surface area contributed by atoms with E-state index in [4.69, 9.17) is 4.42 Å². The lowest BCUT2D eigenvalue weighted by Crippen LogP contribution is -2.47. The summed E-state index contributed by atoms with van der Waals surface area (Å²) in [5, 5.41) is 30.8. The molecule has 1 aromatic heterocycles. The molecule has 27 heavy (non-hydrogen) atoms.